The van der Waals surface area contributed by atoms with Gasteiger partial charge in [-0.3, -0.25) is 0 Å². The maximum Gasteiger partial charge on any atom is 0.233 e. The maximum absolute atomic E-state index is 4.47. The molecule has 23 heavy (non-hydrogen) atoms. The minimum Gasteiger partial charge on any atom is -0.352 e. The number of hydrogen-bond donors (Lipinski definition) is 3. The van der Waals surface area contributed by atoms with Crippen LogP contribution in [-0.2, 0) is 6.42 Å². The van der Waals surface area contributed by atoms with E-state index in [4.69, 9.17) is 0 Å². The van der Waals surface area contributed by atoms with Crippen molar-refractivity contribution in [1.82, 2.24) is 15.0 Å². The van der Waals surface area contributed by atoms with Crippen LogP contribution in [0.15, 0.2) is 24.3 Å². The predicted molar refractivity (Wildman–Crippen MR) is 96.4 cm³/mol. The Kier molecular flexibility index (Phi) is 5.73. The van der Waals surface area contributed by atoms with Crippen molar-refractivity contribution in [2.24, 2.45) is 0 Å². The summed E-state index contributed by atoms with van der Waals surface area (Å²) in [5, 5.41) is 9.77. The number of hydrogen-bond acceptors (Lipinski definition) is 6. The third kappa shape index (κ3) is 5.09. The molecule has 0 radical (unpaired) electrons. The molecular weight excluding hydrogens is 288 g/mol. The molecule has 0 fully saturated rings. The van der Waals surface area contributed by atoms with E-state index in [1.165, 1.54) is 5.56 Å². The molecule has 0 aliphatic rings. The highest BCUT2D eigenvalue weighted by Gasteiger charge is 2.10. The second-order valence-corrected chi connectivity index (χ2v) is 6.04. The van der Waals surface area contributed by atoms with Gasteiger partial charge in [0.25, 0.3) is 0 Å². The summed E-state index contributed by atoms with van der Waals surface area (Å²) in [6, 6.07) is 8.68. The Labute approximate surface area is 138 Å². The molecule has 0 atom stereocenters. The van der Waals surface area contributed by atoms with Crippen LogP contribution in [0.5, 0.6) is 0 Å². The molecule has 0 saturated heterocycles. The van der Waals surface area contributed by atoms with Crippen molar-refractivity contribution in [3.05, 3.63) is 29.8 Å². The summed E-state index contributed by atoms with van der Waals surface area (Å²) in [6.07, 6.45) is 0.947. The SMILES string of the molecule is CCc1ccccc1Nc1nc(NC(C)C)nc(NC(C)C)n1. The fourth-order valence-corrected chi connectivity index (χ4v) is 2.15. The van der Waals surface area contributed by atoms with Crippen molar-refractivity contribution < 1.29 is 0 Å². The van der Waals surface area contributed by atoms with Crippen LogP contribution in [-0.4, -0.2) is 27.0 Å². The molecule has 0 amide bonds. The molecule has 1 aromatic carbocycles. The fraction of sp³-hybridized carbons (Fsp3) is 0.471. The lowest BCUT2D eigenvalue weighted by Gasteiger charge is -2.15. The number of nitrogens with zero attached hydrogens (tertiary/aromatic N) is 3. The Morgan fingerprint density at radius 2 is 1.35 bits per heavy atom. The van der Waals surface area contributed by atoms with E-state index in [1.807, 2.05) is 18.2 Å². The van der Waals surface area contributed by atoms with E-state index in [9.17, 15) is 0 Å². The molecule has 0 aliphatic carbocycles. The summed E-state index contributed by atoms with van der Waals surface area (Å²) in [5.41, 5.74) is 2.25. The molecule has 0 unspecified atom stereocenters. The normalized spacial score (nSPS) is 10.9. The third-order valence-electron chi connectivity index (χ3n) is 3.12. The van der Waals surface area contributed by atoms with Crippen LogP contribution in [0.2, 0.25) is 0 Å². The first-order chi connectivity index (χ1) is 11.0. The summed E-state index contributed by atoms with van der Waals surface area (Å²) < 4.78 is 0. The third-order valence-corrected chi connectivity index (χ3v) is 3.12. The molecule has 2 rings (SSSR count). The Morgan fingerprint density at radius 1 is 0.826 bits per heavy atom. The van der Waals surface area contributed by atoms with E-state index in [1.54, 1.807) is 0 Å². The number of anilines is 4. The second kappa shape index (κ2) is 7.76. The molecule has 3 N–H and O–H groups in total. The number of benzene rings is 1. The first kappa shape index (κ1) is 17.0. The minimum atomic E-state index is 0.250. The summed E-state index contributed by atoms with van der Waals surface area (Å²) in [7, 11) is 0. The van der Waals surface area contributed by atoms with Gasteiger partial charge < -0.3 is 16.0 Å². The lowest BCUT2D eigenvalue weighted by Crippen LogP contribution is -2.18. The Balaban J connectivity index is 2.32. The highest BCUT2D eigenvalue weighted by molar-refractivity contribution is 5.60. The maximum atomic E-state index is 4.47. The zero-order valence-electron chi connectivity index (χ0n) is 14.5. The Bertz CT molecular complexity index is 610. The number of aromatic nitrogens is 3. The van der Waals surface area contributed by atoms with Crippen molar-refractivity contribution in [3.63, 3.8) is 0 Å². The predicted octanol–water partition coefficient (Wildman–Crippen LogP) is 3.82. The second-order valence-electron chi connectivity index (χ2n) is 6.04. The van der Waals surface area contributed by atoms with Crippen LogP contribution in [0.25, 0.3) is 0 Å². The molecule has 6 heteroatoms. The zero-order chi connectivity index (χ0) is 16.8. The van der Waals surface area contributed by atoms with Crippen molar-refractivity contribution in [1.29, 1.82) is 0 Å². The van der Waals surface area contributed by atoms with Gasteiger partial charge in [-0.25, -0.2) is 0 Å². The topological polar surface area (TPSA) is 74.8 Å². The van der Waals surface area contributed by atoms with Crippen LogP contribution in [0.1, 0.15) is 40.2 Å². The molecule has 0 saturated carbocycles. The van der Waals surface area contributed by atoms with E-state index in [0.29, 0.717) is 17.8 Å². The van der Waals surface area contributed by atoms with E-state index in [2.05, 4.69) is 71.6 Å². The van der Waals surface area contributed by atoms with Crippen molar-refractivity contribution in [2.75, 3.05) is 16.0 Å². The van der Waals surface area contributed by atoms with E-state index < -0.39 is 0 Å². The lowest BCUT2D eigenvalue weighted by atomic mass is 10.1. The van der Waals surface area contributed by atoms with Gasteiger partial charge in [0.15, 0.2) is 0 Å². The number of aryl methyl sites for hydroxylation is 1. The van der Waals surface area contributed by atoms with Gasteiger partial charge in [-0.1, -0.05) is 25.1 Å². The van der Waals surface area contributed by atoms with Crippen LogP contribution in [0.3, 0.4) is 0 Å². The van der Waals surface area contributed by atoms with Gasteiger partial charge in [0.1, 0.15) is 0 Å². The molecule has 0 aliphatic heterocycles. The van der Waals surface area contributed by atoms with E-state index in [-0.39, 0.29) is 12.1 Å². The molecule has 1 heterocycles. The molecule has 124 valence electrons. The van der Waals surface area contributed by atoms with Gasteiger partial charge in [0.05, 0.1) is 0 Å². The first-order valence-electron chi connectivity index (χ1n) is 8.12. The quantitative estimate of drug-likeness (QED) is 0.721. The molecule has 1 aromatic heterocycles. The summed E-state index contributed by atoms with van der Waals surface area (Å²) in [5.74, 6) is 1.66. The highest BCUT2D eigenvalue weighted by atomic mass is 15.3. The molecule has 0 bridgehead atoms. The molecule has 0 spiro atoms. The van der Waals surface area contributed by atoms with Gasteiger partial charge in [-0.15, -0.1) is 0 Å². The monoisotopic (exact) mass is 314 g/mol. The minimum absolute atomic E-state index is 0.250. The van der Waals surface area contributed by atoms with E-state index in [0.717, 1.165) is 12.1 Å². The van der Waals surface area contributed by atoms with Gasteiger partial charge >= 0.3 is 0 Å². The van der Waals surface area contributed by atoms with Gasteiger partial charge in [0, 0.05) is 17.8 Å². The molecule has 2 aromatic rings. The lowest BCUT2D eigenvalue weighted by molar-refractivity contribution is 0.847. The molecular formula is C17H26N6. The first-order valence-corrected chi connectivity index (χ1v) is 8.12. The van der Waals surface area contributed by atoms with Gasteiger partial charge in [-0.05, 0) is 45.7 Å². The number of para-hydroxylation sites is 1. The van der Waals surface area contributed by atoms with E-state index >= 15 is 0 Å². The zero-order valence-corrected chi connectivity index (χ0v) is 14.5. The average molecular weight is 314 g/mol. The van der Waals surface area contributed by atoms with Crippen LogP contribution >= 0.6 is 0 Å². The Hall–Kier alpha value is -2.37. The number of rotatable bonds is 7. The van der Waals surface area contributed by atoms with Crippen molar-refractivity contribution in [3.8, 4) is 0 Å². The van der Waals surface area contributed by atoms with Crippen molar-refractivity contribution in [2.45, 2.75) is 53.1 Å². The largest absolute Gasteiger partial charge is 0.352 e. The van der Waals surface area contributed by atoms with Gasteiger partial charge in [-0.2, -0.15) is 15.0 Å². The van der Waals surface area contributed by atoms with Crippen molar-refractivity contribution >= 4 is 23.5 Å². The summed E-state index contributed by atoms with van der Waals surface area (Å²) >= 11 is 0. The highest BCUT2D eigenvalue weighted by Crippen LogP contribution is 2.20. The standard InChI is InChI=1S/C17H26N6/c1-6-13-9-7-8-10-14(13)20-17-22-15(18-11(2)3)21-16(23-17)19-12(4)5/h7-12H,6H2,1-5H3,(H3,18,19,20,21,22,23). The number of nitrogens with one attached hydrogen (secondary N) is 3. The fourth-order valence-electron chi connectivity index (χ4n) is 2.15. The summed E-state index contributed by atoms with van der Waals surface area (Å²) in [4.78, 5) is 13.3. The average Bonchev–Trinajstić information content (AvgIpc) is 2.46. The van der Waals surface area contributed by atoms with Crippen LogP contribution in [0, 0.1) is 0 Å². The van der Waals surface area contributed by atoms with Crippen LogP contribution in [0.4, 0.5) is 23.5 Å². The summed E-state index contributed by atoms with van der Waals surface area (Å²) in [6.45, 7) is 10.3. The van der Waals surface area contributed by atoms with Crippen LogP contribution < -0.4 is 16.0 Å². The Morgan fingerprint density at radius 3 is 1.87 bits per heavy atom. The smallest absolute Gasteiger partial charge is 0.233 e. The van der Waals surface area contributed by atoms with Gasteiger partial charge in [0.2, 0.25) is 17.8 Å². The molecule has 6 nitrogen and oxygen atoms in total.